The van der Waals surface area contributed by atoms with E-state index in [2.05, 4.69) is 36.4 Å². The van der Waals surface area contributed by atoms with E-state index in [1.165, 1.54) is 32.2 Å². The lowest BCUT2D eigenvalue weighted by Gasteiger charge is -2.23. The zero-order valence-corrected chi connectivity index (χ0v) is 17.0. The van der Waals surface area contributed by atoms with Gasteiger partial charge in [-0.2, -0.15) is 0 Å². The van der Waals surface area contributed by atoms with Gasteiger partial charge in [-0.25, -0.2) is 13.4 Å². The van der Waals surface area contributed by atoms with Crippen molar-refractivity contribution in [2.75, 3.05) is 0 Å². The van der Waals surface area contributed by atoms with Crippen molar-refractivity contribution in [3.63, 3.8) is 0 Å². The second kappa shape index (κ2) is 7.28. The number of aromatic amines is 1. The molecule has 3 aromatic rings. The lowest BCUT2D eigenvalue weighted by molar-refractivity contribution is -0.123. The van der Waals surface area contributed by atoms with Gasteiger partial charge >= 0.3 is 0 Å². The second-order valence-electron chi connectivity index (χ2n) is 6.23. The Balaban J connectivity index is 1.72. The number of carbonyl (C=O) groups is 1. The number of halogens is 1. The molecular formula is C17H17BrN4O4S. The quantitative estimate of drug-likeness (QED) is 0.593. The Labute approximate surface area is 164 Å². The van der Waals surface area contributed by atoms with Gasteiger partial charge in [0.15, 0.2) is 15.6 Å². The van der Waals surface area contributed by atoms with E-state index in [9.17, 15) is 13.2 Å². The first kappa shape index (κ1) is 19.3. The highest BCUT2D eigenvalue weighted by atomic mass is 79.9. The van der Waals surface area contributed by atoms with E-state index in [1.54, 1.807) is 24.3 Å². The minimum atomic E-state index is -3.88. The molecule has 0 aliphatic heterocycles. The van der Waals surface area contributed by atoms with Crippen LogP contribution in [-0.4, -0.2) is 34.3 Å². The summed E-state index contributed by atoms with van der Waals surface area (Å²) in [5.74, 6) is 0.584. The summed E-state index contributed by atoms with van der Waals surface area (Å²) in [6.07, 6.45) is 1.50. The van der Waals surface area contributed by atoms with Crippen LogP contribution in [0.15, 0.2) is 56.4 Å². The Morgan fingerprint density at radius 1 is 1.26 bits per heavy atom. The molecule has 0 saturated heterocycles. The SMILES string of the molecule is CC(C)(C(=O)NCc1nc(-c2ccco2)n[nH]1)S(=O)(=O)c1ccc(Br)cc1. The van der Waals surface area contributed by atoms with E-state index in [1.807, 2.05) is 0 Å². The van der Waals surface area contributed by atoms with Crippen LogP contribution < -0.4 is 5.32 Å². The van der Waals surface area contributed by atoms with Crippen molar-refractivity contribution in [2.45, 2.75) is 30.0 Å². The molecule has 0 radical (unpaired) electrons. The molecule has 0 fully saturated rings. The van der Waals surface area contributed by atoms with E-state index in [0.717, 1.165) is 4.47 Å². The van der Waals surface area contributed by atoms with Gasteiger partial charge in [0, 0.05) is 4.47 Å². The van der Waals surface area contributed by atoms with Crippen LogP contribution in [-0.2, 0) is 21.2 Å². The number of amides is 1. The van der Waals surface area contributed by atoms with E-state index < -0.39 is 20.5 Å². The van der Waals surface area contributed by atoms with Gasteiger partial charge in [-0.05, 0) is 50.2 Å². The van der Waals surface area contributed by atoms with Gasteiger partial charge in [0.05, 0.1) is 17.7 Å². The Morgan fingerprint density at radius 2 is 1.96 bits per heavy atom. The fraction of sp³-hybridized carbons (Fsp3) is 0.235. The van der Waals surface area contributed by atoms with Crippen LogP contribution in [0.1, 0.15) is 19.7 Å². The summed E-state index contributed by atoms with van der Waals surface area (Å²) in [7, 11) is -3.88. The van der Waals surface area contributed by atoms with E-state index in [-0.39, 0.29) is 11.4 Å². The molecule has 2 aromatic heterocycles. The molecule has 3 rings (SSSR count). The largest absolute Gasteiger partial charge is 0.461 e. The van der Waals surface area contributed by atoms with Crippen LogP contribution in [0.25, 0.3) is 11.6 Å². The Kier molecular flexibility index (Phi) is 5.20. The molecule has 142 valence electrons. The first-order valence-corrected chi connectivity index (χ1v) is 10.2. The molecule has 0 atom stereocenters. The Bertz CT molecular complexity index is 1040. The van der Waals surface area contributed by atoms with Crippen LogP contribution in [0.5, 0.6) is 0 Å². The minimum absolute atomic E-state index is 0.00578. The molecule has 27 heavy (non-hydrogen) atoms. The number of hydrogen-bond donors (Lipinski definition) is 2. The molecule has 0 spiro atoms. The summed E-state index contributed by atoms with van der Waals surface area (Å²) < 4.78 is 30.0. The highest BCUT2D eigenvalue weighted by Crippen LogP contribution is 2.27. The molecule has 0 saturated carbocycles. The number of carbonyl (C=O) groups excluding carboxylic acids is 1. The van der Waals surface area contributed by atoms with Gasteiger partial charge in [0.1, 0.15) is 10.6 Å². The average molecular weight is 453 g/mol. The molecule has 0 aliphatic rings. The lowest BCUT2D eigenvalue weighted by Crippen LogP contribution is -2.47. The van der Waals surface area contributed by atoms with Crippen LogP contribution in [0.4, 0.5) is 0 Å². The molecular weight excluding hydrogens is 436 g/mol. The zero-order valence-electron chi connectivity index (χ0n) is 14.6. The molecule has 0 bridgehead atoms. The van der Waals surface area contributed by atoms with Crippen molar-refractivity contribution >= 4 is 31.7 Å². The number of aromatic nitrogens is 3. The summed E-state index contributed by atoms with van der Waals surface area (Å²) in [5, 5.41) is 9.28. The summed E-state index contributed by atoms with van der Waals surface area (Å²) in [6, 6.07) is 9.57. The highest BCUT2D eigenvalue weighted by Gasteiger charge is 2.42. The van der Waals surface area contributed by atoms with Gasteiger partial charge in [0.25, 0.3) is 0 Å². The number of nitrogens with one attached hydrogen (secondary N) is 2. The van der Waals surface area contributed by atoms with Crippen LogP contribution in [0.2, 0.25) is 0 Å². The lowest BCUT2D eigenvalue weighted by atomic mass is 10.2. The number of H-pyrrole nitrogens is 1. The maximum atomic E-state index is 12.9. The molecule has 8 nitrogen and oxygen atoms in total. The van der Waals surface area contributed by atoms with Crippen molar-refractivity contribution in [2.24, 2.45) is 0 Å². The van der Waals surface area contributed by atoms with Crippen molar-refractivity contribution < 1.29 is 17.6 Å². The van der Waals surface area contributed by atoms with Crippen LogP contribution in [0, 0.1) is 0 Å². The predicted molar refractivity (Wildman–Crippen MR) is 101 cm³/mol. The standard InChI is InChI=1S/C17H17BrN4O4S/c1-17(2,27(24,25)12-7-5-11(18)6-8-12)16(23)19-10-14-20-15(22-21-14)13-4-3-9-26-13/h3-9H,10H2,1-2H3,(H,19,23)(H,20,21,22). The first-order valence-electron chi connectivity index (χ1n) is 7.95. The van der Waals surface area contributed by atoms with Gasteiger partial charge in [0.2, 0.25) is 11.7 Å². The predicted octanol–water partition coefficient (Wildman–Crippen LogP) is 2.70. The molecule has 2 N–H and O–H groups in total. The van der Waals surface area contributed by atoms with Gasteiger partial charge in [-0.1, -0.05) is 15.9 Å². The molecule has 1 amide bonds. The number of rotatable bonds is 6. The van der Waals surface area contributed by atoms with Crippen LogP contribution in [0.3, 0.4) is 0 Å². The maximum Gasteiger partial charge on any atom is 0.241 e. The zero-order chi connectivity index (χ0) is 19.7. The smallest absolute Gasteiger partial charge is 0.241 e. The number of furan rings is 1. The summed E-state index contributed by atoms with van der Waals surface area (Å²) in [5.41, 5.74) is 0. The third-order valence-corrected chi connectivity index (χ3v) is 6.98. The average Bonchev–Trinajstić information content (AvgIpc) is 3.31. The van der Waals surface area contributed by atoms with Crippen molar-refractivity contribution in [3.8, 4) is 11.6 Å². The fourth-order valence-corrected chi connectivity index (χ4v) is 3.96. The van der Waals surface area contributed by atoms with Gasteiger partial charge in [-0.3, -0.25) is 9.89 Å². The molecule has 1 aromatic carbocycles. The third kappa shape index (κ3) is 3.81. The van der Waals surface area contributed by atoms with E-state index in [4.69, 9.17) is 4.42 Å². The second-order valence-corrected chi connectivity index (χ2v) is 9.65. The van der Waals surface area contributed by atoms with Crippen LogP contribution >= 0.6 is 15.9 Å². The van der Waals surface area contributed by atoms with E-state index >= 15 is 0 Å². The normalized spacial score (nSPS) is 12.1. The molecule has 0 unspecified atom stereocenters. The number of sulfone groups is 1. The van der Waals surface area contributed by atoms with Crippen molar-refractivity contribution in [1.29, 1.82) is 0 Å². The van der Waals surface area contributed by atoms with Gasteiger partial charge in [-0.15, -0.1) is 5.10 Å². The molecule has 0 aliphatic carbocycles. The first-order chi connectivity index (χ1) is 12.7. The number of benzene rings is 1. The summed E-state index contributed by atoms with van der Waals surface area (Å²) in [4.78, 5) is 16.9. The summed E-state index contributed by atoms with van der Waals surface area (Å²) in [6.45, 7) is 2.74. The molecule has 2 heterocycles. The molecule has 10 heteroatoms. The Morgan fingerprint density at radius 3 is 2.59 bits per heavy atom. The van der Waals surface area contributed by atoms with Crippen molar-refractivity contribution in [3.05, 3.63) is 53.0 Å². The number of nitrogens with zero attached hydrogens (tertiary/aromatic N) is 2. The number of hydrogen-bond acceptors (Lipinski definition) is 6. The summed E-state index contributed by atoms with van der Waals surface area (Å²) >= 11 is 3.26. The highest BCUT2D eigenvalue weighted by molar-refractivity contribution is 9.10. The van der Waals surface area contributed by atoms with Crippen molar-refractivity contribution in [1.82, 2.24) is 20.5 Å². The fourth-order valence-electron chi connectivity index (χ4n) is 2.30. The minimum Gasteiger partial charge on any atom is -0.461 e. The topological polar surface area (TPSA) is 118 Å². The maximum absolute atomic E-state index is 12.9. The van der Waals surface area contributed by atoms with Gasteiger partial charge < -0.3 is 9.73 Å². The third-order valence-electron chi connectivity index (χ3n) is 4.03. The van der Waals surface area contributed by atoms with E-state index in [0.29, 0.717) is 17.4 Å². The monoisotopic (exact) mass is 452 g/mol. The Hall–Kier alpha value is -2.46.